The third kappa shape index (κ3) is 3.41. The molecule has 0 fully saturated rings. The molecule has 0 atom stereocenters. The number of carboxylic acid groups (broad SMARTS) is 1. The van der Waals surface area contributed by atoms with Gasteiger partial charge in [0.15, 0.2) is 0 Å². The molecule has 2 aromatic rings. The van der Waals surface area contributed by atoms with Crippen molar-refractivity contribution >= 4 is 29.2 Å². The number of amides is 1. The van der Waals surface area contributed by atoms with Crippen molar-refractivity contribution < 1.29 is 14.7 Å². The highest BCUT2D eigenvalue weighted by molar-refractivity contribution is 6.30. The zero-order chi connectivity index (χ0) is 15.6. The first-order valence-electron chi connectivity index (χ1n) is 6.30. The number of hydrogen-bond acceptors (Lipinski definition) is 2. The van der Waals surface area contributed by atoms with Crippen molar-refractivity contribution in [2.75, 3.05) is 5.32 Å². The normalized spacial score (nSPS) is 10.2. The minimum Gasteiger partial charge on any atom is -0.478 e. The van der Waals surface area contributed by atoms with E-state index in [1.165, 1.54) is 6.07 Å². The van der Waals surface area contributed by atoms with Crippen LogP contribution in [0.15, 0.2) is 36.4 Å². The summed E-state index contributed by atoms with van der Waals surface area (Å²) < 4.78 is 0. The topological polar surface area (TPSA) is 66.4 Å². The lowest BCUT2D eigenvalue weighted by atomic mass is 10.0. The summed E-state index contributed by atoms with van der Waals surface area (Å²) in [6, 6.07) is 9.74. The first kappa shape index (κ1) is 15.1. The molecule has 2 rings (SSSR count). The molecule has 0 unspecified atom stereocenters. The first-order valence-corrected chi connectivity index (χ1v) is 6.67. The Morgan fingerprint density at radius 1 is 1.10 bits per heavy atom. The van der Waals surface area contributed by atoms with Gasteiger partial charge < -0.3 is 10.4 Å². The Morgan fingerprint density at radius 2 is 1.71 bits per heavy atom. The molecule has 21 heavy (non-hydrogen) atoms. The van der Waals surface area contributed by atoms with E-state index in [0.717, 1.165) is 5.56 Å². The van der Waals surface area contributed by atoms with Crippen LogP contribution < -0.4 is 5.32 Å². The summed E-state index contributed by atoms with van der Waals surface area (Å²) >= 11 is 5.78. The van der Waals surface area contributed by atoms with Crippen molar-refractivity contribution in [3.05, 3.63) is 63.7 Å². The van der Waals surface area contributed by atoms with Crippen LogP contribution in [0.1, 0.15) is 31.8 Å². The van der Waals surface area contributed by atoms with Crippen LogP contribution in [0.2, 0.25) is 5.02 Å². The molecule has 0 bridgehead atoms. The molecular formula is C16H14ClNO3. The minimum absolute atomic E-state index is 0.0785. The molecule has 2 aromatic carbocycles. The zero-order valence-corrected chi connectivity index (χ0v) is 12.4. The summed E-state index contributed by atoms with van der Waals surface area (Å²) in [4.78, 5) is 23.5. The van der Waals surface area contributed by atoms with Crippen molar-refractivity contribution in [2.45, 2.75) is 13.8 Å². The Kier molecular flexibility index (Phi) is 4.29. The number of carbonyl (C=O) groups is 2. The second-order valence-corrected chi connectivity index (χ2v) is 5.21. The van der Waals surface area contributed by atoms with Crippen molar-refractivity contribution in [3.63, 3.8) is 0 Å². The SMILES string of the molecule is Cc1cc(C)c(NC(=O)c2ccc(Cl)cc2)c(C(=O)O)c1. The summed E-state index contributed by atoms with van der Waals surface area (Å²) in [5.41, 5.74) is 2.34. The average molecular weight is 304 g/mol. The number of halogens is 1. The molecule has 0 aliphatic carbocycles. The Morgan fingerprint density at radius 3 is 2.29 bits per heavy atom. The van der Waals surface area contributed by atoms with Gasteiger partial charge in [-0.15, -0.1) is 0 Å². The number of aromatic carboxylic acids is 1. The van der Waals surface area contributed by atoms with Gasteiger partial charge in [0.05, 0.1) is 11.3 Å². The fraction of sp³-hybridized carbons (Fsp3) is 0.125. The molecule has 1 amide bonds. The summed E-state index contributed by atoms with van der Waals surface area (Å²) in [6.07, 6.45) is 0. The van der Waals surface area contributed by atoms with Crippen LogP contribution in [0.4, 0.5) is 5.69 Å². The number of nitrogens with one attached hydrogen (secondary N) is 1. The zero-order valence-electron chi connectivity index (χ0n) is 11.6. The molecule has 0 saturated carbocycles. The van der Waals surface area contributed by atoms with E-state index in [1.54, 1.807) is 31.2 Å². The molecule has 4 nitrogen and oxygen atoms in total. The Balaban J connectivity index is 2.37. The molecule has 0 aliphatic heterocycles. The quantitative estimate of drug-likeness (QED) is 0.903. The lowest BCUT2D eigenvalue weighted by molar-refractivity contribution is 0.0698. The number of aryl methyl sites for hydroxylation is 2. The highest BCUT2D eigenvalue weighted by Crippen LogP contribution is 2.24. The van der Waals surface area contributed by atoms with Crippen molar-refractivity contribution in [3.8, 4) is 0 Å². The van der Waals surface area contributed by atoms with Gasteiger partial charge in [0, 0.05) is 10.6 Å². The van der Waals surface area contributed by atoms with Crippen LogP contribution in [-0.4, -0.2) is 17.0 Å². The van der Waals surface area contributed by atoms with E-state index in [0.29, 0.717) is 21.8 Å². The summed E-state index contributed by atoms with van der Waals surface area (Å²) in [5.74, 6) is -1.45. The van der Waals surface area contributed by atoms with Crippen LogP contribution in [0.5, 0.6) is 0 Å². The van der Waals surface area contributed by atoms with Gasteiger partial charge in [-0.2, -0.15) is 0 Å². The van der Waals surface area contributed by atoms with Gasteiger partial charge in [-0.25, -0.2) is 4.79 Å². The van der Waals surface area contributed by atoms with Gasteiger partial charge in [-0.1, -0.05) is 17.7 Å². The molecule has 2 N–H and O–H groups in total. The Labute approximate surface area is 127 Å². The van der Waals surface area contributed by atoms with Gasteiger partial charge in [0.1, 0.15) is 0 Å². The predicted molar refractivity (Wildman–Crippen MR) is 82.3 cm³/mol. The first-order chi connectivity index (χ1) is 9.88. The molecule has 0 aromatic heterocycles. The van der Waals surface area contributed by atoms with Crippen LogP contribution in [0.25, 0.3) is 0 Å². The molecule has 5 heteroatoms. The van der Waals surface area contributed by atoms with Gasteiger partial charge in [-0.3, -0.25) is 4.79 Å². The maximum absolute atomic E-state index is 12.2. The Bertz CT molecular complexity index is 708. The molecule has 0 heterocycles. The maximum atomic E-state index is 12.2. The summed E-state index contributed by atoms with van der Waals surface area (Å²) in [7, 11) is 0. The summed E-state index contributed by atoms with van der Waals surface area (Å²) in [6.45, 7) is 3.57. The molecule has 0 saturated heterocycles. The van der Waals surface area contributed by atoms with Crippen molar-refractivity contribution in [2.24, 2.45) is 0 Å². The molecule has 0 aliphatic rings. The van der Waals surface area contributed by atoms with Gasteiger partial charge in [0.25, 0.3) is 5.91 Å². The second-order valence-electron chi connectivity index (χ2n) is 4.77. The van der Waals surface area contributed by atoms with E-state index in [-0.39, 0.29) is 11.5 Å². The number of carboxylic acids is 1. The highest BCUT2D eigenvalue weighted by Gasteiger charge is 2.16. The fourth-order valence-electron chi connectivity index (χ4n) is 2.09. The largest absolute Gasteiger partial charge is 0.478 e. The van der Waals surface area contributed by atoms with E-state index in [1.807, 2.05) is 13.0 Å². The fourth-order valence-corrected chi connectivity index (χ4v) is 2.22. The molecule has 108 valence electrons. The lowest BCUT2D eigenvalue weighted by Gasteiger charge is -2.13. The van der Waals surface area contributed by atoms with Gasteiger partial charge in [0.2, 0.25) is 0 Å². The number of carbonyl (C=O) groups excluding carboxylic acids is 1. The number of hydrogen-bond donors (Lipinski definition) is 2. The van der Waals surface area contributed by atoms with Crippen LogP contribution in [0.3, 0.4) is 0 Å². The van der Waals surface area contributed by atoms with E-state index in [9.17, 15) is 14.7 Å². The van der Waals surface area contributed by atoms with E-state index >= 15 is 0 Å². The summed E-state index contributed by atoms with van der Waals surface area (Å²) in [5, 5.41) is 12.5. The van der Waals surface area contributed by atoms with Crippen molar-refractivity contribution in [1.82, 2.24) is 0 Å². The van der Waals surface area contributed by atoms with E-state index in [2.05, 4.69) is 5.32 Å². The number of rotatable bonds is 3. The number of anilines is 1. The molecular weight excluding hydrogens is 290 g/mol. The monoisotopic (exact) mass is 303 g/mol. The third-order valence-electron chi connectivity index (χ3n) is 3.06. The molecule has 0 radical (unpaired) electrons. The minimum atomic E-state index is -1.08. The smallest absolute Gasteiger partial charge is 0.337 e. The lowest BCUT2D eigenvalue weighted by Crippen LogP contribution is -2.16. The van der Waals surface area contributed by atoms with Gasteiger partial charge in [-0.05, 0) is 55.3 Å². The Hall–Kier alpha value is -2.33. The van der Waals surface area contributed by atoms with Gasteiger partial charge >= 0.3 is 5.97 Å². The maximum Gasteiger partial charge on any atom is 0.337 e. The van der Waals surface area contributed by atoms with Crippen molar-refractivity contribution in [1.29, 1.82) is 0 Å². The standard InChI is InChI=1S/C16H14ClNO3/c1-9-7-10(2)14(13(8-9)16(20)21)18-15(19)11-3-5-12(17)6-4-11/h3-8H,1-2H3,(H,18,19)(H,20,21). The predicted octanol–water partition coefficient (Wildman–Crippen LogP) is 3.91. The third-order valence-corrected chi connectivity index (χ3v) is 3.31. The van der Waals surface area contributed by atoms with Crippen LogP contribution in [0, 0.1) is 13.8 Å². The van der Waals surface area contributed by atoms with Crippen LogP contribution in [-0.2, 0) is 0 Å². The van der Waals surface area contributed by atoms with E-state index in [4.69, 9.17) is 11.6 Å². The number of benzene rings is 2. The molecule has 0 spiro atoms. The highest BCUT2D eigenvalue weighted by atomic mass is 35.5. The van der Waals surface area contributed by atoms with E-state index < -0.39 is 5.97 Å². The second kappa shape index (κ2) is 5.97. The van der Waals surface area contributed by atoms with Crippen LogP contribution >= 0.6 is 11.6 Å². The average Bonchev–Trinajstić information content (AvgIpc) is 2.41.